The first-order valence-electron chi connectivity index (χ1n) is 9.48. The average Bonchev–Trinajstić information content (AvgIpc) is 3.47. The minimum Gasteiger partial charge on any atom is -0.338 e. The fourth-order valence-electron chi connectivity index (χ4n) is 3.06. The third-order valence-electron chi connectivity index (χ3n) is 4.80. The Hall–Kier alpha value is -2.41. The number of sulfonamides is 1. The summed E-state index contributed by atoms with van der Waals surface area (Å²) in [5.41, 5.74) is 1.40. The molecule has 150 valence electrons. The van der Waals surface area contributed by atoms with E-state index in [4.69, 9.17) is 0 Å². The third kappa shape index (κ3) is 4.90. The molecule has 0 saturated heterocycles. The van der Waals surface area contributed by atoms with Gasteiger partial charge in [0.1, 0.15) is 5.82 Å². The number of nitrogens with zero attached hydrogens (tertiary/aromatic N) is 1. The number of anilines is 1. The first kappa shape index (κ1) is 20.3. The van der Waals surface area contributed by atoms with Gasteiger partial charge >= 0.3 is 0 Å². The summed E-state index contributed by atoms with van der Waals surface area (Å²) in [4.78, 5) is 14.9. The van der Waals surface area contributed by atoms with Gasteiger partial charge in [0.2, 0.25) is 0 Å². The molecule has 0 bridgehead atoms. The zero-order valence-corrected chi connectivity index (χ0v) is 16.9. The van der Waals surface area contributed by atoms with Crippen LogP contribution in [0, 0.1) is 18.7 Å². The fraction of sp³-hybridized carbons (Fsp3) is 0.381. The largest absolute Gasteiger partial charge is 0.338 e. The van der Waals surface area contributed by atoms with Crippen LogP contribution in [-0.2, 0) is 10.0 Å². The van der Waals surface area contributed by atoms with Crippen LogP contribution in [0.15, 0.2) is 47.4 Å². The topological polar surface area (TPSA) is 66.5 Å². The highest BCUT2D eigenvalue weighted by Gasteiger charge is 2.28. The molecule has 0 spiro atoms. The number of benzene rings is 2. The lowest BCUT2D eigenvalue weighted by molar-refractivity contribution is 0.0746. The Morgan fingerprint density at radius 2 is 1.86 bits per heavy atom. The van der Waals surface area contributed by atoms with Crippen molar-refractivity contribution in [3.05, 3.63) is 59.4 Å². The normalized spacial score (nSPS) is 14.0. The average molecular weight is 405 g/mol. The van der Waals surface area contributed by atoms with Crippen molar-refractivity contribution in [3.8, 4) is 0 Å². The van der Waals surface area contributed by atoms with Gasteiger partial charge in [-0.1, -0.05) is 13.0 Å². The van der Waals surface area contributed by atoms with Gasteiger partial charge < -0.3 is 4.90 Å². The van der Waals surface area contributed by atoms with E-state index in [1.807, 2.05) is 11.8 Å². The second kappa shape index (κ2) is 8.31. The van der Waals surface area contributed by atoms with Gasteiger partial charge in [-0.15, -0.1) is 0 Å². The molecular formula is C21H25FN2O3S. The Bertz CT molecular complexity index is 954. The predicted molar refractivity (Wildman–Crippen MR) is 107 cm³/mol. The van der Waals surface area contributed by atoms with E-state index in [0.717, 1.165) is 31.4 Å². The summed E-state index contributed by atoms with van der Waals surface area (Å²) in [6.45, 7) is 5.20. The molecule has 7 heteroatoms. The minimum absolute atomic E-state index is 0.00801. The molecule has 1 aliphatic rings. The lowest BCUT2D eigenvalue weighted by atomic mass is 10.1. The fourth-order valence-corrected chi connectivity index (χ4v) is 4.14. The number of hydrogen-bond donors (Lipinski definition) is 1. The molecular weight excluding hydrogens is 379 g/mol. The zero-order chi connectivity index (χ0) is 20.3. The number of amides is 1. The maximum Gasteiger partial charge on any atom is 0.261 e. The lowest BCUT2D eigenvalue weighted by Gasteiger charge is -2.23. The Kier molecular flexibility index (Phi) is 6.03. The van der Waals surface area contributed by atoms with Crippen LogP contribution >= 0.6 is 0 Å². The van der Waals surface area contributed by atoms with Crippen molar-refractivity contribution in [1.29, 1.82) is 0 Å². The van der Waals surface area contributed by atoms with E-state index in [9.17, 15) is 17.6 Å². The van der Waals surface area contributed by atoms with Crippen LogP contribution in [0.1, 0.15) is 42.1 Å². The molecule has 1 amide bonds. The van der Waals surface area contributed by atoms with Crippen molar-refractivity contribution < 1.29 is 17.6 Å². The molecule has 1 aliphatic carbocycles. The van der Waals surface area contributed by atoms with Gasteiger partial charge in [-0.3, -0.25) is 9.52 Å². The highest BCUT2D eigenvalue weighted by molar-refractivity contribution is 7.92. The van der Waals surface area contributed by atoms with Gasteiger partial charge in [0.15, 0.2) is 0 Å². The second-order valence-corrected chi connectivity index (χ2v) is 8.97. The summed E-state index contributed by atoms with van der Waals surface area (Å²) in [6, 6.07) is 9.62. The summed E-state index contributed by atoms with van der Waals surface area (Å²) in [7, 11) is -3.89. The molecule has 0 aromatic heterocycles. The van der Waals surface area contributed by atoms with Gasteiger partial charge in [0.05, 0.1) is 4.90 Å². The monoisotopic (exact) mass is 404 g/mol. The van der Waals surface area contributed by atoms with Crippen molar-refractivity contribution in [1.82, 2.24) is 4.90 Å². The van der Waals surface area contributed by atoms with E-state index in [0.29, 0.717) is 18.0 Å². The van der Waals surface area contributed by atoms with Crippen molar-refractivity contribution in [2.75, 3.05) is 17.8 Å². The second-order valence-electron chi connectivity index (χ2n) is 7.28. The zero-order valence-electron chi connectivity index (χ0n) is 16.1. The maximum absolute atomic E-state index is 13.1. The number of aryl methyl sites for hydroxylation is 1. The Morgan fingerprint density at radius 1 is 1.18 bits per heavy atom. The van der Waals surface area contributed by atoms with Crippen LogP contribution in [0.3, 0.4) is 0 Å². The number of halogens is 1. The lowest BCUT2D eigenvalue weighted by Crippen LogP contribution is -2.34. The molecule has 0 heterocycles. The van der Waals surface area contributed by atoms with E-state index in [2.05, 4.69) is 4.72 Å². The molecule has 3 rings (SSSR count). The van der Waals surface area contributed by atoms with Crippen molar-refractivity contribution in [3.63, 3.8) is 0 Å². The van der Waals surface area contributed by atoms with Crippen LogP contribution < -0.4 is 4.72 Å². The van der Waals surface area contributed by atoms with Gasteiger partial charge in [-0.05, 0) is 74.1 Å². The van der Waals surface area contributed by atoms with Gasteiger partial charge in [-0.25, -0.2) is 12.8 Å². The summed E-state index contributed by atoms with van der Waals surface area (Å²) in [6.07, 6.45) is 3.13. The minimum atomic E-state index is -3.89. The molecule has 0 unspecified atom stereocenters. The van der Waals surface area contributed by atoms with Crippen LogP contribution in [0.2, 0.25) is 0 Å². The Morgan fingerprint density at radius 3 is 2.46 bits per heavy atom. The van der Waals surface area contributed by atoms with Crippen LogP contribution in [0.25, 0.3) is 0 Å². The van der Waals surface area contributed by atoms with Crippen molar-refractivity contribution in [2.45, 2.75) is 38.0 Å². The first-order chi connectivity index (χ1) is 13.3. The molecule has 1 saturated carbocycles. The van der Waals surface area contributed by atoms with Gasteiger partial charge in [0, 0.05) is 24.3 Å². The molecule has 2 aromatic rings. The van der Waals surface area contributed by atoms with Crippen LogP contribution in [0.4, 0.5) is 10.1 Å². The van der Waals surface area contributed by atoms with Gasteiger partial charge in [-0.2, -0.15) is 0 Å². The molecule has 1 fully saturated rings. The molecule has 0 radical (unpaired) electrons. The van der Waals surface area contributed by atoms with E-state index in [1.54, 1.807) is 13.0 Å². The maximum atomic E-state index is 13.1. The number of carbonyl (C=O) groups is 1. The summed E-state index contributed by atoms with van der Waals surface area (Å²) >= 11 is 0. The molecule has 0 atom stereocenters. The van der Waals surface area contributed by atoms with Crippen LogP contribution in [-0.4, -0.2) is 32.3 Å². The van der Waals surface area contributed by atoms with Crippen molar-refractivity contribution >= 4 is 21.6 Å². The molecule has 28 heavy (non-hydrogen) atoms. The molecule has 0 aliphatic heterocycles. The van der Waals surface area contributed by atoms with Crippen molar-refractivity contribution in [2.24, 2.45) is 5.92 Å². The van der Waals surface area contributed by atoms with E-state index < -0.39 is 15.8 Å². The van der Waals surface area contributed by atoms with E-state index >= 15 is 0 Å². The predicted octanol–water partition coefficient (Wildman–Crippen LogP) is 4.20. The number of rotatable bonds is 8. The molecule has 5 nitrogen and oxygen atoms in total. The molecule has 1 N–H and O–H groups in total. The third-order valence-corrected chi connectivity index (χ3v) is 6.18. The number of carbonyl (C=O) groups excluding carboxylic acids is 1. The first-order valence-corrected chi connectivity index (χ1v) is 11.0. The Balaban J connectivity index is 1.86. The van der Waals surface area contributed by atoms with Gasteiger partial charge in [0.25, 0.3) is 15.9 Å². The highest BCUT2D eigenvalue weighted by atomic mass is 32.2. The number of hydrogen-bond acceptors (Lipinski definition) is 3. The number of nitrogens with one attached hydrogen (secondary N) is 1. The highest BCUT2D eigenvalue weighted by Crippen LogP contribution is 2.30. The standard InChI is InChI=1S/C21H25FN2O3S/c1-3-12-24(14-16-5-6-16)21(25)20-13-19(11-4-15(20)2)28(26,27)23-18-9-7-17(22)8-10-18/h4,7-11,13,16,23H,3,5-6,12,14H2,1-2H3. The summed E-state index contributed by atoms with van der Waals surface area (Å²) < 4.78 is 40.9. The summed E-state index contributed by atoms with van der Waals surface area (Å²) in [5.74, 6) is -0.0224. The molecule has 2 aromatic carbocycles. The van der Waals surface area contributed by atoms with Crippen LogP contribution in [0.5, 0.6) is 0 Å². The smallest absolute Gasteiger partial charge is 0.261 e. The quantitative estimate of drug-likeness (QED) is 0.717. The Labute approximate surface area is 165 Å². The van der Waals surface area contributed by atoms with E-state index in [-0.39, 0.29) is 16.5 Å². The SMILES string of the molecule is CCCN(CC1CC1)C(=O)c1cc(S(=O)(=O)Nc2ccc(F)cc2)ccc1C. The summed E-state index contributed by atoms with van der Waals surface area (Å²) in [5, 5.41) is 0. The van der Waals surface area contributed by atoms with E-state index in [1.165, 1.54) is 36.4 Å².